The predicted octanol–water partition coefficient (Wildman–Crippen LogP) is 3.04. The Labute approximate surface area is 163 Å². The number of halogens is 1. The first kappa shape index (κ1) is 18.0. The van der Waals surface area contributed by atoms with E-state index in [-0.39, 0.29) is 17.9 Å². The summed E-state index contributed by atoms with van der Waals surface area (Å²) in [4.78, 5) is 33.7. The minimum absolute atomic E-state index is 0.000373. The van der Waals surface area contributed by atoms with Crippen LogP contribution in [-0.2, 0) is 11.2 Å². The van der Waals surface area contributed by atoms with Crippen molar-refractivity contribution in [3.8, 4) is 0 Å². The maximum Gasteiger partial charge on any atom is 0.255 e. The fourth-order valence-corrected chi connectivity index (χ4v) is 4.33. The molecule has 3 aliphatic rings. The Bertz CT molecular complexity index is 842. The molecule has 5 nitrogen and oxygen atoms in total. The molecule has 0 unspecified atom stereocenters. The number of amides is 2. The van der Waals surface area contributed by atoms with E-state index >= 15 is 0 Å². The van der Waals surface area contributed by atoms with Gasteiger partial charge in [-0.05, 0) is 42.5 Å². The van der Waals surface area contributed by atoms with Gasteiger partial charge in [-0.2, -0.15) is 0 Å². The summed E-state index contributed by atoms with van der Waals surface area (Å²) in [6.45, 7) is 1.99. The summed E-state index contributed by atoms with van der Waals surface area (Å²) in [5.41, 5.74) is 1.46. The quantitative estimate of drug-likeness (QED) is 0.818. The maximum atomic E-state index is 13.0. The van der Waals surface area contributed by atoms with Crippen LogP contribution in [0.4, 0.5) is 0 Å². The topological polar surface area (TPSA) is 53.5 Å². The zero-order valence-corrected chi connectivity index (χ0v) is 15.8. The van der Waals surface area contributed by atoms with Crippen LogP contribution >= 0.6 is 11.6 Å². The fraction of sp³-hybridized carbons (Fsp3) is 0.381. The van der Waals surface area contributed by atoms with Gasteiger partial charge in [-0.15, -0.1) is 0 Å². The second-order valence-electron chi connectivity index (χ2n) is 7.36. The first-order valence-electron chi connectivity index (χ1n) is 9.34. The number of carbonyl (C=O) groups excluding carboxylic acids is 2. The summed E-state index contributed by atoms with van der Waals surface area (Å²) in [5.74, 6) is 0.411. The first-order valence-corrected chi connectivity index (χ1v) is 9.72. The van der Waals surface area contributed by atoms with E-state index in [4.69, 9.17) is 11.6 Å². The summed E-state index contributed by atoms with van der Waals surface area (Å²) < 4.78 is 0. The maximum absolute atomic E-state index is 13.0. The molecular weight excluding hydrogens is 362 g/mol. The summed E-state index contributed by atoms with van der Waals surface area (Å²) in [7, 11) is 0. The number of pyridine rings is 1. The van der Waals surface area contributed by atoms with Crippen molar-refractivity contribution >= 4 is 23.4 Å². The third kappa shape index (κ3) is 3.83. The second-order valence-corrected chi connectivity index (χ2v) is 7.77. The van der Waals surface area contributed by atoms with Crippen molar-refractivity contribution in [1.29, 1.82) is 0 Å². The molecule has 4 heterocycles. The van der Waals surface area contributed by atoms with E-state index in [1.165, 1.54) is 0 Å². The minimum Gasteiger partial charge on any atom is -0.337 e. The molecule has 140 valence electrons. The van der Waals surface area contributed by atoms with Crippen molar-refractivity contribution in [2.45, 2.75) is 25.3 Å². The SMILES string of the molecule is O=C(c1cccnc1)N1C[C@@H]2CC[C@H](C1)N(C(=O)Cc1ccccc1Cl)C2. The normalized spacial score (nSPS) is 21.8. The van der Waals surface area contributed by atoms with Crippen molar-refractivity contribution in [2.24, 2.45) is 5.92 Å². The van der Waals surface area contributed by atoms with Gasteiger partial charge in [0.1, 0.15) is 0 Å². The van der Waals surface area contributed by atoms with E-state index < -0.39 is 0 Å². The van der Waals surface area contributed by atoms with Crippen molar-refractivity contribution < 1.29 is 9.59 Å². The predicted molar refractivity (Wildman–Crippen MR) is 104 cm³/mol. The molecular formula is C21H22ClN3O2. The lowest BCUT2D eigenvalue weighted by molar-refractivity contribution is -0.134. The summed E-state index contributed by atoms with van der Waals surface area (Å²) in [5, 5.41) is 0.624. The van der Waals surface area contributed by atoms with Crippen LogP contribution in [0.1, 0.15) is 28.8 Å². The Morgan fingerprint density at radius 2 is 1.93 bits per heavy atom. The zero-order valence-electron chi connectivity index (χ0n) is 15.1. The Balaban J connectivity index is 1.49. The van der Waals surface area contributed by atoms with Crippen molar-refractivity contribution in [3.05, 3.63) is 64.9 Å². The van der Waals surface area contributed by atoms with E-state index in [0.29, 0.717) is 42.6 Å². The van der Waals surface area contributed by atoms with Gasteiger partial charge in [-0.3, -0.25) is 14.6 Å². The van der Waals surface area contributed by atoms with Gasteiger partial charge >= 0.3 is 0 Å². The molecule has 0 aliphatic carbocycles. The smallest absolute Gasteiger partial charge is 0.255 e. The number of hydrogen-bond acceptors (Lipinski definition) is 3. The Hall–Kier alpha value is -2.40. The van der Waals surface area contributed by atoms with E-state index in [0.717, 1.165) is 18.4 Å². The molecule has 0 N–H and O–H groups in total. The number of carbonyl (C=O) groups is 2. The van der Waals surface area contributed by atoms with Crippen LogP contribution in [0.25, 0.3) is 0 Å². The van der Waals surface area contributed by atoms with Gasteiger partial charge < -0.3 is 9.80 Å². The van der Waals surface area contributed by atoms with Crippen molar-refractivity contribution in [1.82, 2.24) is 14.8 Å². The van der Waals surface area contributed by atoms with Gasteiger partial charge in [0, 0.05) is 43.1 Å². The molecule has 3 fully saturated rings. The molecule has 3 aliphatic heterocycles. The standard InChI is InChI=1S/C21H22ClN3O2/c22-19-6-2-1-4-16(19)10-20(26)25-13-15-7-8-18(25)14-24(12-15)21(27)17-5-3-9-23-11-17/h1-6,9,11,15,18H,7-8,10,12-14H2/t15-,18+/m0/s1. The lowest BCUT2D eigenvalue weighted by Crippen LogP contribution is -2.48. The summed E-state index contributed by atoms with van der Waals surface area (Å²) in [6.07, 6.45) is 5.57. The van der Waals surface area contributed by atoms with Crippen LogP contribution in [0, 0.1) is 5.92 Å². The average Bonchev–Trinajstić information content (AvgIpc) is 3.02. The fourth-order valence-electron chi connectivity index (χ4n) is 4.13. The Morgan fingerprint density at radius 3 is 2.70 bits per heavy atom. The third-order valence-electron chi connectivity index (χ3n) is 5.53. The van der Waals surface area contributed by atoms with Gasteiger partial charge in [-0.25, -0.2) is 0 Å². The summed E-state index contributed by atoms with van der Waals surface area (Å²) >= 11 is 6.22. The number of nitrogens with zero attached hydrogens (tertiary/aromatic N) is 3. The van der Waals surface area contributed by atoms with Gasteiger partial charge in [0.05, 0.1) is 12.0 Å². The number of benzene rings is 1. The average molecular weight is 384 g/mol. The molecule has 6 heteroatoms. The second kappa shape index (κ2) is 7.69. The third-order valence-corrected chi connectivity index (χ3v) is 5.90. The van der Waals surface area contributed by atoms with Crippen LogP contribution in [-0.4, -0.2) is 52.3 Å². The van der Waals surface area contributed by atoms with Gasteiger partial charge in [0.25, 0.3) is 5.91 Å². The lowest BCUT2D eigenvalue weighted by atomic mass is 9.94. The van der Waals surface area contributed by atoms with E-state index in [2.05, 4.69) is 4.98 Å². The van der Waals surface area contributed by atoms with Crippen molar-refractivity contribution in [2.75, 3.05) is 19.6 Å². The Morgan fingerprint density at radius 1 is 1.07 bits per heavy atom. The number of aromatic nitrogens is 1. The molecule has 3 saturated heterocycles. The van der Waals surface area contributed by atoms with Crippen LogP contribution in [0.3, 0.4) is 0 Å². The van der Waals surface area contributed by atoms with Crippen LogP contribution in [0.15, 0.2) is 48.8 Å². The molecule has 5 rings (SSSR count). The molecule has 2 amide bonds. The minimum atomic E-state index is 0.000373. The van der Waals surface area contributed by atoms with Crippen molar-refractivity contribution in [3.63, 3.8) is 0 Å². The highest BCUT2D eigenvalue weighted by atomic mass is 35.5. The summed E-state index contributed by atoms with van der Waals surface area (Å²) in [6, 6.07) is 11.1. The molecule has 27 heavy (non-hydrogen) atoms. The molecule has 2 aromatic rings. The molecule has 0 spiro atoms. The number of rotatable bonds is 3. The van der Waals surface area contributed by atoms with Crippen LogP contribution in [0.2, 0.25) is 5.02 Å². The largest absolute Gasteiger partial charge is 0.337 e. The highest BCUT2D eigenvalue weighted by Crippen LogP contribution is 2.29. The molecule has 0 saturated carbocycles. The lowest BCUT2D eigenvalue weighted by Gasteiger charge is -2.36. The number of piperidine rings is 1. The highest BCUT2D eigenvalue weighted by Gasteiger charge is 2.38. The molecule has 0 radical (unpaired) electrons. The van der Waals surface area contributed by atoms with Gasteiger partial charge in [0.2, 0.25) is 5.91 Å². The van der Waals surface area contributed by atoms with Gasteiger partial charge in [0.15, 0.2) is 0 Å². The van der Waals surface area contributed by atoms with Gasteiger partial charge in [-0.1, -0.05) is 29.8 Å². The number of fused-ring (bicyclic) bond motifs is 4. The van der Waals surface area contributed by atoms with E-state index in [1.54, 1.807) is 24.5 Å². The first-order chi connectivity index (χ1) is 13.1. The molecule has 2 bridgehead atoms. The molecule has 1 aromatic heterocycles. The van der Waals surface area contributed by atoms with Crippen LogP contribution in [0.5, 0.6) is 0 Å². The number of hydrogen-bond donors (Lipinski definition) is 0. The Kier molecular flexibility index (Phi) is 5.12. The van der Waals surface area contributed by atoms with E-state index in [9.17, 15) is 9.59 Å². The van der Waals surface area contributed by atoms with E-state index in [1.807, 2.05) is 34.1 Å². The zero-order chi connectivity index (χ0) is 18.8. The monoisotopic (exact) mass is 383 g/mol. The van der Waals surface area contributed by atoms with Crippen LogP contribution < -0.4 is 0 Å². The molecule has 1 aromatic carbocycles. The highest BCUT2D eigenvalue weighted by molar-refractivity contribution is 6.31. The molecule has 2 atom stereocenters.